The summed E-state index contributed by atoms with van der Waals surface area (Å²) in [6.45, 7) is 1.90. The highest BCUT2D eigenvalue weighted by Crippen LogP contribution is 2.14. The van der Waals surface area contributed by atoms with E-state index < -0.39 is 0 Å². The molecule has 13 heavy (non-hydrogen) atoms. The summed E-state index contributed by atoms with van der Waals surface area (Å²) in [5.74, 6) is 0. The molecule has 0 aliphatic heterocycles. The van der Waals surface area contributed by atoms with E-state index in [-0.39, 0.29) is 0 Å². The van der Waals surface area contributed by atoms with E-state index in [0.717, 1.165) is 21.1 Å². The maximum atomic E-state index is 8.77. The van der Waals surface area contributed by atoms with Crippen LogP contribution < -0.4 is 5.32 Å². The molecule has 0 aromatic carbocycles. The zero-order chi connectivity index (χ0) is 9.84. The van der Waals surface area contributed by atoms with Gasteiger partial charge < -0.3 is 0 Å². The standard InChI is InChI=1S/C9H9ClN2Si/c1-2-3-6-4-7(5-11)9(13)12-8(6)10/h2-4H,1,13H3. The summed E-state index contributed by atoms with van der Waals surface area (Å²) in [5.41, 5.74) is 1.43. The molecule has 66 valence electrons. The van der Waals surface area contributed by atoms with Gasteiger partial charge in [-0.05, 0) is 13.0 Å². The van der Waals surface area contributed by atoms with Crippen molar-refractivity contribution in [3.63, 3.8) is 0 Å². The summed E-state index contributed by atoms with van der Waals surface area (Å²) in [5, 5.41) is 10.0. The van der Waals surface area contributed by atoms with Crippen LogP contribution in [0.25, 0.3) is 6.08 Å². The van der Waals surface area contributed by atoms with Crippen molar-refractivity contribution in [2.45, 2.75) is 6.92 Å². The van der Waals surface area contributed by atoms with E-state index in [1.165, 1.54) is 0 Å². The molecule has 0 bridgehead atoms. The first kappa shape index (κ1) is 9.97. The van der Waals surface area contributed by atoms with Gasteiger partial charge >= 0.3 is 0 Å². The van der Waals surface area contributed by atoms with Gasteiger partial charge in [0.1, 0.15) is 11.2 Å². The number of hydrogen-bond acceptors (Lipinski definition) is 2. The third-order valence-electron chi connectivity index (χ3n) is 1.66. The number of pyridine rings is 1. The summed E-state index contributed by atoms with van der Waals surface area (Å²) >= 11 is 5.89. The second-order valence-electron chi connectivity index (χ2n) is 2.61. The molecule has 1 rings (SSSR count). The molecule has 0 fully saturated rings. The fourth-order valence-corrected chi connectivity index (χ4v) is 1.87. The van der Waals surface area contributed by atoms with Crippen molar-refractivity contribution < 1.29 is 0 Å². The van der Waals surface area contributed by atoms with Crippen LogP contribution in [0.3, 0.4) is 0 Å². The summed E-state index contributed by atoms with van der Waals surface area (Å²) < 4.78 is 0. The Morgan fingerprint density at radius 3 is 2.92 bits per heavy atom. The molecule has 1 aromatic rings. The van der Waals surface area contributed by atoms with Crippen molar-refractivity contribution in [1.29, 1.82) is 5.26 Å². The molecule has 0 spiro atoms. The lowest BCUT2D eigenvalue weighted by Crippen LogP contribution is -2.13. The van der Waals surface area contributed by atoms with Crippen LogP contribution in [0.5, 0.6) is 0 Å². The molecule has 0 saturated carbocycles. The zero-order valence-electron chi connectivity index (χ0n) is 7.50. The van der Waals surface area contributed by atoms with Crippen LogP contribution in [0, 0.1) is 11.3 Å². The minimum absolute atomic E-state index is 0.474. The molecule has 2 nitrogen and oxygen atoms in total. The first-order valence-corrected chi connectivity index (χ1v) is 5.26. The molecule has 0 N–H and O–H groups in total. The Labute approximate surface area is 85.3 Å². The third kappa shape index (κ3) is 2.17. The van der Waals surface area contributed by atoms with Crippen LogP contribution >= 0.6 is 11.6 Å². The Kier molecular flexibility index (Phi) is 3.23. The van der Waals surface area contributed by atoms with E-state index in [4.69, 9.17) is 16.9 Å². The van der Waals surface area contributed by atoms with Crippen molar-refractivity contribution in [3.05, 3.63) is 28.4 Å². The Balaban J connectivity index is 3.32. The van der Waals surface area contributed by atoms with Gasteiger partial charge in [-0.15, -0.1) is 0 Å². The van der Waals surface area contributed by atoms with Gasteiger partial charge in [0.05, 0.1) is 15.8 Å². The van der Waals surface area contributed by atoms with Gasteiger partial charge in [0, 0.05) is 10.9 Å². The number of aromatic nitrogens is 1. The topological polar surface area (TPSA) is 36.7 Å². The lowest BCUT2D eigenvalue weighted by molar-refractivity contribution is 1.34. The summed E-state index contributed by atoms with van der Waals surface area (Å²) in [4.78, 5) is 4.12. The van der Waals surface area contributed by atoms with Gasteiger partial charge in [0.25, 0.3) is 0 Å². The summed E-state index contributed by atoms with van der Waals surface area (Å²) in [7, 11) is 0.744. The molecule has 0 aliphatic carbocycles. The number of rotatable bonds is 1. The molecule has 4 heteroatoms. The highest BCUT2D eigenvalue weighted by Gasteiger charge is 2.03. The Bertz CT molecular complexity index is 393. The maximum Gasteiger partial charge on any atom is 0.136 e. The predicted octanol–water partition coefficient (Wildman–Crippen LogP) is 0.630. The highest BCUT2D eigenvalue weighted by atomic mass is 35.5. The van der Waals surface area contributed by atoms with Crippen LogP contribution in [0.1, 0.15) is 18.1 Å². The first-order valence-electron chi connectivity index (χ1n) is 3.89. The van der Waals surface area contributed by atoms with Crippen molar-refractivity contribution in [3.8, 4) is 6.07 Å². The van der Waals surface area contributed by atoms with Crippen molar-refractivity contribution in [2.24, 2.45) is 0 Å². The van der Waals surface area contributed by atoms with Crippen LogP contribution in [-0.4, -0.2) is 15.2 Å². The smallest absolute Gasteiger partial charge is 0.136 e. The van der Waals surface area contributed by atoms with Crippen LogP contribution in [0.4, 0.5) is 0 Å². The molecule has 0 unspecified atom stereocenters. The van der Waals surface area contributed by atoms with Gasteiger partial charge in [0.2, 0.25) is 0 Å². The quantitative estimate of drug-likeness (QED) is 0.502. The lowest BCUT2D eigenvalue weighted by Gasteiger charge is -2.01. The Hall–Kier alpha value is -1.11. The molecular weight excluding hydrogens is 200 g/mol. The molecule has 1 heterocycles. The Morgan fingerprint density at radius 2 is 2.38 bits per heavy atom. The molecule has 0 atom stereocenters. The minimum atomic E-state index is 0.474. The fourth-order valence-electron chi connectivity index (χ4n) is 1.00. The number of nitriles is 1. The number of allylic oxidation sites excluding steroid dienone is 1. The molecular formula is C9H9ClN2Si. The highest BCUT2D eigenvalue weighted by molar-refractivity contribution is 6.35. The van der Waals surface area contributed by atoms with Gasteiger partial charge in [-0.25, -0.2) is 4.98 Å². The monoisotopic (exact) mass is 208 g/mol. The fraction of sp³-hybridized carbons (Fsp3) is 0.111. The van der Waals surface area contributed by atoms with E-state index >= 15 is 0 Å². The van der Waals surface area contributed by atoms with E-state index in [1.54, 1.807) is 6.07 Å². The number of halogens is 1. The van der Waals surface area contributed by atoms with Crippen LogP contribution in [0.2, 0.25) is 5.15 Å². The van der Waals surface area contributed by atoms with E-state index in [2.05, 4.69) is 11.1 Å². The van der Waals surface area contributed by atoms with Crippen LogP contribution in [0.15, 0.2) is 12.1 Å². The Morgan fingerprint density at radius 1 is 1.69 bits per heavy atom. The zero-order valence-corrected chi connectivity index (χ0v) is 10.3. The van der Waals surface area contributed by atoms with Crippen molar-refractivity contribution in [1.82, 2.24) is 4.98 Å². The van der Waals surface area contributed by atoms with E-state index in [1.807, 2.05) is 19.1 Å². The first-order chi connectivity index (χ1) is 6.19. The maximum absolute atomic E-state index is 8.77. The van der Waals surface area contributed by atoms with E-state index in [9.17, 15) is 0 Å². The summed E-state index contributed by atoms with van der Waals surface area (Å²) in [6.07, 6.45) is 3.72. The lowest BCUT2D eigenvalue weighted by atomic mass is 10.2. The molecule has 0 amide bonds. The average Bonchev–Trinajstić information content (AvgIpc) is 2.10. The SMILES string of the molecule is CC=Cc1cc(C#N)c([SiH3])nc1Cl. The predicted molar refractivity (Wildman–Crippen MR) is 58.2 cm³/mol. The molecule has 1 aromatic heterocycles. The average molecular weight is 209 g/mol. The molecule has 0 saturated heterocycles. The third-order valence-corrected chi connectivity index (χ3v) is 2.73. The minimum Gasteiger partial charge on any atom is -0.245 e. The van der Waals surface area contributed by atoms with Crippen molar-refractivity contribution >= 4 is 33.2 Å². The van der Waals surface area contributed by atoms with E-state index in [0.29, 0.717) is 10.7 Å². The summed E-state index contributed by atoms with van der Waals surface area (Å²) in [6, 6.07) is 3.88. The normalized spacial score (nSPS) is 10.5. The van der Waals surface area contributed by atoms with Gasteiger partial charge in [-0.1, -0.05) is 23.8 Å². The second kappa shape index (κ2) is 4.22. The molecule has 0 radical (unpaired) electrons. The van der Waals surface area contributed by atoms with Gasteiger partial charge in [0.15, 0.2) is 0 Å². The second-order valence-corrected chi connectivity index (χ2v) is 3.92. The van der Waals surface area contributed by atoms with Gasteiger partial charge in [-0.3, -0.25) is 0 Å². The number of hydrogen-bond donors (Lipinski definition) is 0. The van der Waals surface area contributed by atoms with Crippen LogP contribution in [-0.2, 0) is 0 Å². The molecule has 0 aliphatic rings. The largest absolute Gasteiger partial charge is 0.245 e. The van der Waals surface area contributed by atoms with Crippen molar-refractivity contribution in [2.75, 3.05) is 0 Å². The van der Waals surface area contributed by atoms with Gasteiger partial charge in [-0.2, -0.15) is 5.26 Å². The number of nitrogens with zero attached hydrogens (tertiary/aromatic N) is 2.